The van der Waals surface area contributed by atoms with Crippen LogP contribution in [0.4, 0.5) is 4.39 Å². The summed E-state index contributed by atoms with van der Waals surface area (Å²) in [5.41, 5.74) is -0.0581. The summed E-state index contributed by atoms with van der Waals surface area (Å²) in [7, 11) is 0. The van der Waals surface area contributed by atoms with Gasteiger partial charge in [-0.15, -0.1) is 0 Å². The van der Waals surface area contributed by atoms with Gasteiger partial charge in [0, 0.05) is 13.1 Å². The minimum atomic E-state index is -0.598. The molecule has 102 valence electrons. The number of hydrogen-bond donors (Lipinski definition) is 1. The Hall–Kier alpha value is -1.95. The number of ether oxygens (including phenoxy) is 1. The van der Waals surface area contributed by atoms with Crippen LogP contribution in [0.2, 0.25) is 0 Å². The van der Waals surface area contributed by atoms with Crippen LogP contribution < -0.4 is 5.32 Å². The molecule has 0 radical (unpaired) electrons. The Morgan fingerprint density at radius 3 is 2.63 bits per heavy atom. The van der Waals surface area contributed by atoms with Crippen LogP contribution in [-0.4, -0.2) is 49.6 Å². The van der Waals surface area contributed by atoms with Crippen molar-refractivity contribution in [2.75, 3.05) is 32.8 Å². The van der Waals surface area contributed by atoms with Gasteiger partial charge >= 0.3 is 0 Å². The van der Waals surface area contributed by atoms with E-state index in [0.29, 0.717) is 26.3 Å². The molecule has 1 aromatic rings. The topological polar surface area (TPSA) is 58.6 Å². The van der Waals surface area contributed by atoms with Crippen molar-refractivity contribution in [3.05, 3.63) is 35.6 Å². The third kappa shape index (κ3) is 3.51. The van der Waals surface area contributed by atoms with Crippen LogP contribution in [0, 0.1) is 5.82 Å². The van der Waals surface area contributed by atoms with Gasteiger partial charge in [-0.2, -0.15) is 0 Å². The average Bonchev–Trinajstić information content (AvgIpc) is 2.46. The zero-order valence-electron chi connectivity index (χ0n) is 10.4. The lowest BCUT2D eigenvalue weighted by Crippen LogP contribution is -2.45. The number of nitrogens with zero attached hydrogens (tertiary/aromatic N) is 1. The maximum Gasteiger partial charge on any atom is 0.254 e. The third-order valence-corrected chi connectivity index (χ3v) is 2.88. The molecule has 2 rings (SSSR count). The summed E-state index contributed by atoms with van der Waals surface area (Å²) in [6.45, 7) is 1.93. The second-order valence-electron chi connectivity index (χ2n) is 4.16. The van der Waals surface area contributed by atoms with Crippen LogP contribution in [-0.2, 0) is 9.53 Å². The van der Waals surface area contributed by atoms with E-state index in [9.17, 15) is 14.0 Å². The van der Waals surface area contributed by atoms with Crippen molar-refractivity contribution in [1.82, 2.24) is 10.2 Å². The third-order valence-electron chi connectivity index (χ3n) is 2.88. The van der Waals surface area contributed by atoms with E-state index < -0.39 is 11.7 Å². The van der Waals surface area contributed by atoms with Crippen LogP contribution in [0.15, 0.2) is 24.3 Å². The Kier molecular flexibility index (Phi) is 4.46. The zero-order valence-corrected chi connectivity index (χ0v) is 10.4. The predicted octanol–water partition coefficient (Wildman–Crippen LogP) is 0.414. The van der Waals surface area contributed by atoms with Gasteiger partial charge in [-0.1, -0.05) is 12.1 Å². The van der Waals surface area contributed by atoms with Crippen LogP contribution in [0.5, 0.6) is 0 Å². The van der Waals surface area contributed by atoms with Crippen molar-refractivity contribution in [3.8, 4) is 0 Å². The van der Waals surface area contributed by atoms with Crippen molar-refractivity contribution < 1.29 is 18.7 Å². The molecule has 0 aliphatic carbocycles. The van der Waals surface area contributed by atoms with E-state index in [2.05, 4.69) is 5.32 Å². The Morgan fingerprint density at radius 1 is 1.26 bits per heavy atom. The highest BCUT2D eigenvalue weighted by molar-refractivity contribution is 5.96. The molecule has 1 aliphatic heterocycles. The molecule has 0 spiro atoms. The lowest BCUT2D eigenvalue weighted by Gasteiger charge is -2.26. The number of morpholine rings is 1. The molecule has 6 heteroatoms. The first-order valence-electron chi connectivity index (χ1n) is 6.07. The average molecular weight is 266 g/mol. The quantitative estimate of drug-likeness (QED) is 0.862. The number of nitrogens with one attached hydrogen (secondary N) is 1. The van der Waals surface area contributed by atoms with Crippen molar-refractivity contribution in [2.45, 2.75) is 0 Å². The number of carbonyl (C=O) groups is 2. The largest absolute Gasteiger partial charge is 0.378 e. The molecule has 1 aliphatic rings. The number of amides is 2. The molecule has 1 aromatic carbocycles. The van der Waals surface area contributed by atoms with E-state index in [1.165, 1.54) is 18.2 Å². The van der Waals surface area contributed by atoms with Crippen LogP contribution in [0.25, 0.3) is 0 Å². The summed E-state index contributed by atoms with van der Waals surface area (Å²) in [5.74, 6) is -1.37. The highest BCUT2D eigenvalue weighted by atomic mass is 19.1. The van der Waals surface area contributed by atoms with Gasteiger partial charge in [0.05, 0.1) is 25.3 Å². The zero-order chi connectivity index (χ0) is 13.7. The second kappa shape index (κ2) is 6.29. The first-order valence-corrected chi connectivity index (χ1v) is 6.07. The molecule has 1 fully saturated rings. The van der Waals surface area contributed by atoms with Gasteiger partial charge in [-0.05, 0) is 12.1 Å². The van der Waals surface area contributed by atoms with E-state index in [4.69, 9.17) is 4.74 Å². The fraction of sp³-hybridized carbons (Fsp3) is 0.385. The molecule has 2 amide bonds. The van der Waals surface area contributed by atoms with E-state index in [-0.39, 0.29) is 18.0 Å². The SMILES string of the molecule is O=C(NCC(=O)N1CCOCC1)c1ccccc1F. The Morgan fingerprint density at radius 2 is 1.95 bits per heavy atom. The molecule has 0 atom stereocenters. The molecule has 0 unspecified atom stereocenters. The van der Waals surface area contributed by atoms with Crippen molar-refractivity contribution in [1.29, 1.82) is 0 Å². The molecule has 0 aromatic heterocycles. The van der Waals surface area contributed by atoms with Gasteiger partial charge < -0.3 is 15.0 Å². The molecule has 1 saturated heterocycles. The highest BCUT2D eigenvalue weighted by Gasteiger charge is 2.18. The normalized spacial score (nSPS) is 15.1. The smallest absolute Gasteiger partial charge is 0.254 e. The number of benzene rings is 1. The van der Waals surface area contributed by atoms with Gasteiger partial charge in [0.25, 0.3) is 5.91 Å². The Balaban J connectivity index is 1.86. The fourth-order valence-electron chi connectivity index (χ4n) is 1.82. The molecular weight excluding hydrogens is 251 g/mol. The molecule has 0 bridgehead atoms. The van der Waals surface area contributed by atoms with Crippen molar-refractivity contribution in [2.24, 2.45) is 0 Å². The second-order valence-corrected chi connectivity index (χ2v) is 4.16. The molecule has 1 N–H and O–H groups in total. The summed E-state index contributed by atoms with van der Waals surface area (Å²) in [6.07, 6.45) is 0. The maximum absolute atomic E-state index is 13.3. The van der Waals surface area contributed by atoms with E-state index in [1.807, 2.05) is 0 Å². The molecule has 19 heavy (non-hydrogen) atoms. The number of halogens is 1. The molecule has 1 heterocycles. The number of rotatable bonds is 3. The Labute approximate surface area is 110 Å². The summed E-state index contributed by atoms with van der Waals surface area (Å²) >= 11 is 0. The predicted molar refractivity (Wildman–Crippen MR) is 66.1 cm³/mol. The maximum atomic E-state index is 13.3. The molecule has 5 nitrogen and oxygen atoms in total. The van der Waals surface area contributed by atoms with Crippen LogP contribution in [0.1, 0.15) is 10.4 Å². The van der Waals surface area contributed by atoms with Crippen LogP contribution in [0.3, 0.4) is 0 Å². The fourth-order valence-corrected chi connectivity index (χ4v) is 1.82. The van der Waals surface area contributed by atoms with Crippen molar-refractivity contribution in [3.63, 3.8) is 0 Å². The van der Waals surface area contributed by atoms with Crippen LogP contribution >= 0.6 is 0 Å². The summed E-state index contributed by atoms with van der Waals surface area (Å²) < 4.78 is 18.5. The van der Waals surface area contributed by atoms with E-state index in [1.54, 1.807) is 11.0 Å². The van der Waals surface area contributed by atoms with Gasteiger partial charge in [0.1, 0.15) is 5.82 Å². The van der Waals surface area contributed by atoms with Gasteiger partial charge in [-0.3, -0.25) is 9.59 Å². The first kappa shape index (κ1) is 13.5. The monoisotopic (exact) mass is 266 g/mol. The van der Waals surface area contributed by atoms with Gasteiger partial charge in [0.15, 0.2) is 0 Å². The lowest BCUT2D eigenvalue weighted by atomic mass is 10.2. The van der Waals surface area contributed by atoms with Crippen molar-refractivity contribution >= 4 is 11.8 Å². The number of carbonyl (C=O) groups excluding carboxylic acids is 2. The number of hydrogen-bond acceptors (Lipinski definition) is 3. The first-order chi connectivity index (χ1) is 9.18. The summed E-state index contributed by atoms with van der Waals surface area (Å²) in [5, 5.41) is 2.43. The standard InChI is InChI=1S/C13H15FN2O3/c14-11-4-2-1-3-10(11)13(18)15-9-12(17)16-5-7-19-8-6-16/h1-4H,5-9H2,(H,15,18). The van der Waals surface area contributed by atoms with E-state index >= 15 is 0 Å². The van der Waals surface area contributed by atoms with Gasteiger partial charge in [-0.25, -0.2) is 4.39 Å². The molecule has 0 saturated carbocycles. The summed E-state index contributed by atoms with van der Waals surface area (Å²) in [4.78, 5) is 25.1. The van der Waals surface area contributed by atoms with E-state index in [0.717, 1.165) is 0 Å². The minimum absolute atomic E-state index is 0.0581. The highest BCUT2D eigenvalue weighted by Crippen LogP contribution is 2.05. The van der Waals surface area contributed by atoms with Gasteiger partial charge in [0.2, 0.25) is 5.91 Å². The lowest BCUT2D eigenvalue weighted by molar-refractivity contribution is -0.134. The minimum Gasteiger partial charge on any atom is -0.378 e. The molecular formula is C13H15FN2O3. The Bertz CT molecular complexity index is 473. The summed E-state index contributed by atoms with van der Waals surface area (Å²) in [6, 6.07) is 5.66.